The summed E-state index contributed by atoms with van der Waals surface area (Å²) in [7, 11) is 0. The number of carbonyl (C=O) groups is 2. The largest absolute Gasteiger partial charge is 0.481 e. The van der Waals surface area contributed by atoms with E-state index in [1.165, 1.54) is 12.3 Å². The average Bonchev–Trinajstić information content (AvgIpc) is 2.77. The number of carboxylic acids is 1. The van der Waals surface area contributed by atoms with Crippen molar-refractivity contribution in [3.8, 4) is 0 Å². The second kappa shape index (κ2) is 5.30. The SMILES string of the molecule is O=C(O)C1CCCC1C(=O)Nc1nccc(Cl)n1. The van der Waals surface area contributed by atoms with E-state index in [0.717, 1.165) is 6.42 Å². The van der Waals surface area contributed by atoms with E-state index in [4.69, 9.17) is 16.7 Å². The second-order valence-corrected chi connectivity index (χ2v) is 4.56. The fraction of sp³-hybridized carbons (Fsp3) is 0.455. The van der Waals surface area contributed by atoms with Gasteiger partial charge < -0.3 is 5.11 Å². The van der Waals surface area contributed by atoms with E-state index in [2.05, 4.69) is 15.3 Å². The van der Waals surface area contributed by atoms with Crippen molar-refractivity contribution >= 4 is 29.4 Å². The Kier molecular flexibility index (Phi) is 3.76. The topological polar surface area (TPSA) is 92.2 Å². The Bertz CT molecular complexity index is 480. The average molecular weight is 270 g/mol. The van der Waals surface area contributed by atoms with E-state index in [1.54, 1.807) is 0 Å². The van der Waals surface area contributed by atoms with E-state index in [-0.39, 0.29) is 17.0 Å². The quantitative estimate of drug-likeness (QED) is 0.813. The number of hydrogen-bond acceptors (Lipinski definition) is 4. The predicted octanol–water partition coefficient (Wildman–Crippen LogP) is 1.57. The molecule has 0 radical (unpaired) electrons. The summed E-state index contributed by atoms with van der Waals surface area (Å²) in [6, 6.07) is 1.49. The lowest BCUT2D eigenvalue weighted by atomic mass is 9.95. The Balaban J connectivity index is 2.06. The summed E-state index contributed by atoms with van der Waals surface area (Å²) in [6.07, 6.45) is 3.27. The van der Waals surface area contributed by atoms with Gasteiger partial charge in [0, 0.05) is 6.20 Å². The molecule has 2 unspecified atom stereocenters. The lowest BCUT2D eigenvalue weighted by Crippen LogP contribution is -2.30. The number of carbonyl (C=O) groups excluding carboxylic acids is 1. The van der Waals surface area contributed by atoms with Crippen molar-refractivity contribution in [3.63, 3.8) is 0 Å². The number of nitrogens with zero attached hydrogens (tertiary/aromatic N) is 2. The third-order valence-electron chi connectivity index (χ3n) is 3.03. The standard InChI is InChI=1S/C11H12ClN3O3/c12-8-4-5-13-11(14-8)15-9(16)6-2-1-3-7(6)10(17)18/h4-7H,1-3H2,(H,17,18)(H,13,14,15,16). The molecule has 1 amide bonds. The molecule has 6 nitrogen and oxygen atoms in total. The molecule has 0 bridgehead atoms. The van der Waals surface area contributed by atoms with E-state index < -0.39 is 17.8 Å². The number of halogens is 1. The number of aliphatic carboxylic acids is 1. The molecule has 2 N–H and O–H groups in total. The van der Waals surface area contributed by atoms with Crippen LogP contribution in [0.4, 0.5) is 5.95 Å². The van der Waals surface area contributed by atoms with Gasteiger partial charge in [0.05, 0.1) is 11.8 Å². The van der Waals surface area contributed by atoms with Crippen molar-refractivity contribution in [1.82, 2.24) is 9.97 Å². The lowest BCUT2D eigenvalue weighted by molar-refractivity contribution is -0.145. The molecule has 1 aromatic rings. The summed E-state index contributed by atoms with van der Waals surface area (Å²) in [6.45, 7) is 0. The van der Waals surface area contributed by atoms with Crippen LogP contribution in [0.2, 0.25) is 5.15 Å². The Labute approximate surface area is 108 Å². The molecule has 2 atom stereocenters. The van der Waals surface area contributed by atoms with Gasteiger partial charge in [0.2, 0.25) is 11.9 Å². The van der Waals surface area contributed by atoms with Gasteiger partial charge in [0.1, 0.15) is 5.15 Å². The van der Waals surface area contributed by atoms with Gasteiger partial charge in [-0.2, -0.15) is 0 Å². The van der Waals surface area contributed by atoms with Gasteiger partial charge in [-0.1, -0.05) is 18.0 Å². The molecule has 7 heteroatoms. The van der Waals surface area contributed by atoms with Gasteiger partial charge in [-0.05, 0) is 18.9 Å². The highest BCUT2D eigenvalue weighted by Gasteiger charge is 2.37. The Morgan fingerprint density at radius 1 is 1.39 bits per heavy atom. The fourth-order valence-electron chi connectivity index (χ4n) is 2.17. The molecule has 1 aromatic heterocycles. The van der Waals surface area contributed by atoms with Gasteiger partial charge in [0.25, 0.3) is 0 Å². The molecular weight excluding hydrogens is 258 g/mol. The van der Waals surface area contributed by atoms with Crippen LogP contribution in [-0.4, -0.2) is 27.0 Å². The van der Waals surface area contributed by atoms with Gasteiger partial charge in [0.15, 0.2) is 0 Å². The molecule has 0 saturated heterocycles. The third kappa shape index (κ3) is 2.76. The van der Waals surface area contributed by atoms with Crippen molar-refractivity contribution < 1.29 is 14.7 Å². The zero-order valence-electron chi connectivity index (χ0n) is 9.47. The normalized spacial score (nSPS) is 22.7. The maximum atomic E-state index is 11.9. The number of carboxylic acid groups (broad SMARTS) is 1. The number of hydrogen-bond donors (Lipinski definition) is 2. The van der Waals surface area contributed by atoms with E-state index in [0.29, 0.717) is 12.8 Å². The number of amides is 1. The number of nitrogens with one attached hydrogen (secondary N) is 1. The molecule has 1 aliphatic rings. The van der Waals surface area contributed by atoms with Crippen molar-refractivity contribution in [1.29, 1.82) is 0 Å². The number of rotatable bonds is 3. The first kappa shape index (κ1) is 12.8. The van der Waals surface area contributed by atoms with Crippen LogP contribution in [0.1, 0.15) is 19.3 Å². The molecule has 1 aliphatic carbocycles. The van der Waals surface area contributed by atoms with Crippen LogP contribution >= 0.6 is 11.6 Å². The predicted molar refractivity (Wildman–Crippen MR) is 64.1 cm³/mol. The summed E-state index contributed by atoms with van der Waals surface area (Å²) in [5.41, 5.74) is 0. The molecule has 18 heavy (non-hydrogen) atoms. The summed E-state index contributed by atoms with van der Waals surface area (Å²) in [4.78, 5) is 30.6. The van der Waals surface area contributed by atoms with Gasteiger partial charge in [-0.3, -0.25) is 14.9 Å². The van der Waals surface area contributed by atoms with Crippen molar-refractivity contribution in [2.24, 2.45) is 11.8 Å². The monoisotopic (exact) mass is 269 g/mol. The second-order valence-electron chi connectivity index (χ2n) is 4.17. The minimum Gasteiger partial charge on any atom is -0.481 e. The third-order valence-corrected chi connectivity index (χ3v) is 3.24. The van der Waals surface area contributed by atoms with Crippen LogP contribution in [0, 0.1) is 11.8 Å². The van der Waals surface area contributed by atoms with Gasteiger partial charge in [-0.15, -0.1) is 0 Å². The molecule has 1 fully saturated rings. The van der Waals surface area contributed by atoms with Gasteiger partial charge in [-0.25, -0.2) is 9.97 Å². The highest BCUT2D eigenvalue weighted by Crippen LogP contribution is 2.32. The first-order valence-electron chi connectivity index (χ1n) is 5.60. The van der Waals surface area contributed by atoms with Crippen LogP contribution in [0.3, 0.4) is 0 Å². The zero-order chi connectivity index (χ0) is 13.1. The molecule has 0 aromatic carbocycles. The van der Waals surface area contributed by atoms with E-state index >= 15 is 0 Å². The van der Waals surface area contributed by atoms with Crippen LogP contribution in [-0.2, 0) is 9.59 Å². The Morgan fingerprint density at radius 3 is 2.78 bits per heavy atom. The van der Waals surface area contributed by atoms with E-state index in [1.807, 2.05) is 0 Å². The van der Waals surface area contributed by atoms with Crippen molar-refractivity contribution in [2.75, 3.05) is 5.32 Å². The summed E-state index contributed by atoms with van der Waals surface area (Å²) < 4.78 is 0. The molecule has 2 rings (SSSR count). The summed E-state index contributed by atoms with van der Waals surface area (Å²) in [5, 5.41) is 11.7. The Morgan fingerprint density at radius 2 is 2.11 bits per heavy atom. The maximum Gasteiger partial charge on any atom is 0.307 e. The van der Waals surface area contributed by atoms with Crippen molar-refractivity contribution in [3.05, 3.63) is 17.4 Å². The van der Waals surface area contributed by atoms with Crippen LogP contribution in [0.15, 0.2) is 12.3 Å². The lowest BCUT2D eigenvalue weighted by Gasteiger charge is -2.14. The molecule has 1 heterocycles. The van der Waals surface area contributed by atoms with Crippen LogP contribution in [0.25, 0.3) is 0 Å². The minimum atomic E-state index is -0.931. The molecule has 0 aliphatic heterocycles. The van der Waals surface area contributed by atoms with Crippen molar-refractivity contribution in [2.45, 2.75) is 19.3 Å². The fourth-order valence-corrected chi connectivity index (χ4v) is 2.31. The maximum absolute atomic E-state index is 11.9. The molecular formula is C11H12ClN3O3. The first-order chi connectivity index (χ1) is 8.58. The summed E-state index contributed by atoms with van der Waals surface area (Å²) >= 11 is 5.67. The highest BCUT2D eigenvalue weighted by molar-refractivity contribution is 6.29. The first-order valence-corrected chi connectivity index (χ1v) is 5.98. The van der Waals surface area contributed by atoms with Gasteiger partial charge >= 0.3 is 5.97 Å². The molecule has 1 saturated carbocycles. The zero-order valence-corrected chi connectivity index (χ0v) is 10.2. The molecule has 0 spiro atoms. The molecule has 96 valence electrons. The highest BCUT2D eigenvalue weighted by atomic mass is 35.5. The Hall–Kier alpha value is -1.69. The minimum absolute atomic E-state index is 0.100. The van der Waals surface area contributed by atoms with Crippen LogP contribution < -0.4 is 5.32 Å². The summed E-state index contributed by atoms with van der Waals surface area (Å²) in [5.74, 6) is -2.33. The number of aromatic nitrogens is 2. The van der Waals surface area contributed by atoms with Crippen LogP contribution in [0.5, 0.6) is 0 Å². The van der Waals surface area contributed by atoms with E-state index in [9.17, 15) is 9.59 Å². The number of anilines is 1. The smallest absolute Gasteiger partial charge is 0.307 e.